The summed E-state index contributed by atoms with van der Waals surface area (Å²) in [6.07, 6.45) is 5.50. The van der Waals surface area contributed by atoms with Gasteiger partial charge in [-0.1, -0.05) is 18.2 Å². The maximum Gasteiger partial charge on any atom is 0.228 e. The zero-order valence-corrected chi connectivity index (χ0v) is 11.3. The molecule has 1 aliphatic carbocycles. The van der Waals surface area contributed by atoms with Gasteiger partial charge in [-0.25, -0.2) is 0 Å². The number of nitrogens with one attached hydrogen (secondary N) is 1. The van der Waals surface area contributed by atoms with E-state index in [0.717, 1.165) is 5.57 Å². The van der Waals surface area contributed by atoms with E-state index in [2.05, 4.69) is 5.32 Å². The van der Waals surface area contributed by atoms with E-state index in [1.54, 1.807) is 31.4 Å². The van der Waals surface area contributed by atoms with Crippen LogP contribution in [0.5, 0.6) is 5.75 Å². The fourth-order valence-electron chi connectivity index (χ4n) is 1.90. The van der Waals surface area contributed by atoms with Gasteiger partial charge in [0.1, 0.15) is 11.5 Å². The van der Waals surface area contributed by atoms with Gasteiger partial charge in [-0.05, 0) is 23.8 Å². The molecule has 106 valence electrons. The van der Waals surface area contributed by atoms with Crippen LogP contribution in [0.3, 0.4) is 0 Å². The molecule has 5 heteroatoms. The summed E-state index contributed by atoms with van der Waals surface area (Å²) in [5.74, 6) is 0.560. The van der Waals surface area contributed by atoms with Crippen molar-refractivity contribution in [3.63, 3.8) is 0 Å². The molecule has 5 nitrogen and oxygen atoms in total. The van der Waals surface area contributed by atoms with Crippen LogP contribution >= 0.6 is 0 Å². The van der Waals surface area contributed by atoms with Crippen LogP contribution in [0.1, 0.15) is 12.8 Å². The first-order valence-electron chi connectivity index (χ1n) is 6.32. The van der Waals surface area contributed by atoms with Crippen LogP contribution in [-0.4, -0.2) is 23.8 Å². The van der Waals surface area contributed by atoms with Crippen LogP contribution in [-0.2, 0) is 4.79 Å². The monoisotopic (exact) mass is 274 g/mol. The molecule has 0 aliphatic heterocycles. The Morgan fingerprint density at radius 2 is 2.35 bits per heavy atom. The van der Waals surface area contributed by atoms with Gasteiger partial charge in [0, 0.05) is 18.2 Å². The normalized spacial score (nSPS) is 21.2. The van der Waals surface area contributed by atoms with Gasteiger partial charge in [-0.2, -0.15) is 0 Å². The zero-order chi connectivity index (χ0) is 14.6. The average molecular weight is 274 g/mol. The summed E-state index contributed by atoms with van der Waals surface area (Å²) < 4.78 is 5.09. The number of benzene rings is 1. The van der Waals surface area contributed by atoms with Crippen molar-refractivity contribution >= 4 is 11.6 Å². The number of amides is 1. The Kier molecular flexibility index (Phi) is 4.22. The first kappa shape index (κ1) is 14.3. The third kappa shape index (κ3) is 3.94. The van der Waals surface area contributed by atoms with Crippen molar-refractivity contribution in [2.75, 3.05) is 12.4 Å². The standard InChI is InChI=1S/C15H18N2O3/c1-20-13-4-2-3-12(10-13)17-14(18)9-11-5-7-15(16,19)8-6-11/h2-7,10,19H,8-9,16H2,1H3,(H,17,18). The molecule has 1 unspecified atom stereocenters. The van der Waals surface area contributed by atoms with E-state index in [0.29, 0.717) is 17.9 Å². The second kappa shape index (κ2) is 5.90. The van der Waals surface area contributed by atoms with E-state index in [1.165, 1.54) is 6.08 Å². The molecule has 0 fully saturated rings. The molecular formula is C15H18N2O3. The van der Waals surface area contributed by atoms with Crippen molar-refractivity contribution in [2.45, 2.75) is 18.6 Å². The van der Waals surface area contributed by atoms with E-state index >= 15 is 0 Å². The number of nitrogens with two attached hydrogens (primary N) is 1. The fraction of sp³-hybridized carbons (Fsp3) is 0.267. The number of hydrogen-bond acceptors (Lipinski definition) is 4. The topological polar surface area (TPSA) is 84.6 Å². The molecule has 0 aromatic heterocycles. The number of anilines is 1. The highest BCUT2D eigenvalue weighted by molar-refractivity contribution is 5.92. The predicted molar refractivity (Wildman–Crippen MR) is 77.2 cm³/mol. The molecule has 0 heterocycles. The lowest BCUT2D eigenvalue weighted by Gasteiger charge is -2.21. The molecule has 0 saturated heterocycles. The van der Waals surface area contributed by atoms with Crippen molar-refractivity contribution in [3.05, 3.63) is 48.1 Å². The second-order valence-corrected chi connectivity index (χ2v) is 4.76. The SMILES string of the molecule is COc1cccc(NC(=O)CC2=CCC(N)(O)C=C2)c1. The van der Waals surface area contributed by atoms with Gasteiger partial charge in [0.05, 0.1) is 13.5 Å². The van der Waals surface area contributed by atoms with Crippen LogP contribution < -0.4 is 15.8 Å². The predicted octanol–water partition coefficient (Wildman–Crippen LogP) is 1.56. The molecular weight excluding hydrogens is 256 g/mol. The summed E-state index contributed by atoms with van der Waals surface area (Å²) in [5, 5.41) is 12.3. The molecule has 2 rings (SSSR count). The number of rotatable bonds is 4. The number of carbonyl (C=O) groups is 1. The molecule has 1 aliphatic rings. The van der Waals surface area contributed by atoms with Gasteiger partial charge in [0.2, 0.25) is 5.91 Å². The molecule has 1 amide bonds. The Hall–Kier alpha value is -2.11. The third-order valence-electron chi connectivity index (χ3n) is 3.00. The minimum Gasteiger partial charge on any atom is -0.497 e. The largest absolute Gasteiger partial charge is 0.497 e. The highest BCUT2D eigenvalue weighted by Gasteiger charge is 2.19. The summed E-state index contributed by atoms with van der Waals surface area (Å²) in [6.45, 7) is 0. The van der Waals surface area contributed by atoms with Crippen LogP contribution in [0.15, 0.2) is 48.1 Å². The summed E-state index contributed by atoms with van der Waals surface area (Å²) in [6, 6.07) is 7.17. The van der Waals surface area contributed by atoms with Gasteiger partial charge in [0.25, 0.3) is 0 Å². The molecule has 0 saturated carbocycles. The number of ether oxygens (including phenoxy) is 1. The Morgan fingerprint density at radius 3 is 3.00 bits per heavy atom. The lowest BCUT2D eigenvalue weighted by atomic mass is 9.98. The van der Waals surface area contributed by atoms with Crippen LogP contribution in [0, 0.1) is 0 Å². The Labute approximate surface area is 117 Å². The number of methoxy groups -OCH3 is 1. The molecule has 1 aromatic carbocycles. The third-order valence-corrected chi connectivity index (χ3v) is 3.00. The highest BCUT2D eigenvalue weighted by Crippen LogP contribution is 2.20. The van der Waals surface area contributed by atoms with Crippen molar-refractivity contribution in [1.29, 1.82) is 0 Å². The van der Waals surface area contributed by atoms with Gasteiger partial charge in [-0.15, -0.1) is 0 Å². The second-order valence-electron chi connectivity index (χ2n) is 4.76. The van der Waals surface area contributed by atoms with Gasteiger partial charge in [-0.3, -0.25) is 4.79 Å². The van der Waals surface area contributed by atoms with Crippen molar-refractivity contribution < 1.29 is 14.6 Å². The maximum atomic E-state index is 11.9. The molecule has 20 heavy (non-hydrogen) atoms. The van der Waals surface area contributed by atoms with E-state index < -0.39 is 5.72 Å². The first-order chi connectivity index (χ1) is 9.48. The lowest BCUT2D eigenvalue weighted by molar-refractivity contribution is -0.115. The quantitative estimate of drug-likeness (QED) is 0.727. The van der Waals surface area contributed by atoms with Gasteiger partial charge < -0.3 is 20.9 Å². The minimum atomic E-state index is -1.30. The Morgan fingerprint density at radius 1 is 1.55 bits per heavy atom. The average Bonchev–Trinajstić information content (AvgIpc) is 2.41. The number of aliphatic hydroxyl groups is 1. The number of carbonyl (C=O) groups excluding carboxylic acids is 1. The number of allylic oxidation sites excluding steroid dienone is 1. The summed E-state index contributed by atoms with van der Waals surface area (Å²) in [7, 11) is 1.58. The van der Waals surface area contributed by atoms with E-state index in [1.807, 2.05) is 12.1 Å². The summed E-state index contributed by atoms with van der Waals surface area (Å²) in [5.41, 5.74) is 5.76. The Bertz CT molecular complexity index is 562. The van der Waals surface area contributed by atoms with Crippen molar-refractivity contribution in [1.82, 2.24) is 0 Å². The molecule has 4 N–H and O–H groups in total. The summed E-state index contributed by atoms with van der Waals surface area (Å²) in [4.78, 5) is 11.9. The fourth-order valence-corrected chi connectivity index (χ4v) is 1.90. The van der Waals surface area contributed by atoms with Crippen LogP contribution in [0.2, 0.25) is 0 Å². The number of hydrogen-bond donors (Lipinski definition) is 3. The molecule has 1 aromatic rings. The van der Waals surface area contributed by atoms with Crippen LogP contribution in [0.4, 0.5) is 5.69 Å². The molecule has 0 bridgehead atoms. The minimum absolute atomic E-state index is 0.128. The smallest absolute Gasteiger partial charge is 0.228 e. The van der Waals surface area contributed by atoms with Crippen LogP contribution in [0.25, 0.3) is 0 Å². The molecule has 0 radical (unpaired) electrons. The lowest BCUT2D eigenvalue weighted by Crippen LogP contribution is -2.37. The van der Waals surface area contributed by atoms with E-state index in [-0.39, 0.29) is 12.3 Å². The maximum absolute atomic E-state index is 11.9. The Balaban J connectivity index is 1.93. The van der Waals surface area contributed by atoms with Crippen molar-refractivity contribution in [3.8, 4) is 5.75 Å². The van der Waals surface area contributed by atoms with Gasteiger partial charge >= 0.3 is 0 Å². The molecule has 0 spiro atoms. The molecule has 1 atom stereocenters. The first-order valence-corrected chi connectivity index (χ1v) is 6.32. The van der Waals surface area contributed by atoms with E-state index in [9.17, 15) is 9.90 Å². The zero-order valence-electron chi connectivity index (χ0n) is 11.3. The summed E-state index contributed by atoms with van der Waals surface area (Å²) >= 11 is 0. The van der Waals surface area contributed by atoms with E-state index in [4.69, 9.17) is 10.5 Å². The van der Waals surface area contributed by atoms with Crippen molar-refractivity contribution in [2.24, 2.45) is 5.73 Å². The van der Waals surface area contributed by atoms with Gasteiger partial charge in [0.15, 0.2) is 0 Å². The highest BCUT2D eigenvalue weighted by atomic mass is 16.5.